The Balaban J connectivity index is 1.97. The molecule has 1 aliphatic rings. The van der Waals surface area contributed by atoms with Gasteiger partial charge in [-0.2, -0.15) is 4.31 Å². The molecule has 0 aromatic carbocycles. The van der Waals surface area contributed by atoms with Crippen LogP contribution in [0, 0.1) is 6.92 Å². The Morgan fingerprint density at radius 2 is 2.23 bits per heavy atom. The molecule has 1 N–H and O–H groups in total. The molecule has 22 heavy (non-hydrogen) atoms. The normalized spacial score (nSPS) is 15.4. The van der Waals surface area contributed by atoms with Crippen LogP contribution in [0.3, 0.4) is 0 Å². The van der Waals surface area contributed by atoms with E-state index in [9.17, 15) is 13.2 Å². The van der Waals surface area contributed by atoms with Crippen LogP contribution in [0.1, 0.15) is 34.0 Å². The molecule has 1 aliphatic carbocycles. The molecule has 118 valence electrons. The van der Waals surface area contributed by atoms with Gasteiger partial charge in [0.1, 0.15) is 10.7 Å². The van der Waals surface area contributed by atoms with Crippen molar-refractivity contribution in [3.8, 4) is 0 Å². The number of hydrogen-bond donors (Lipinski definition) is 1. The number of furan rings is 1. The molecule has 0 saturated heterocycles. The Morgan fingerprint density at radius 1 is 1.50 bits per heavy atom. The van der Waals surface area contributed by atoms with Crippen molar-refractivity contribution in [3.63, 3.8) is 0 Å². The number of carboxylic acids is 1. The first kappa shape index (κ1) is 15.3. The average molecular weight is 341 g/mol. The topological polar surface area (TPSA) is 87.8 Å². The van der Waals surface area contributed by atoms with E-state index in [0.29, 0.717) is 6.54 Å². The summed E-state index contributed by atoms with van der Waals surface area (Å²) >= 11 is 1.50. The number of aryl methyl sites for hydroxylation is 1. The van der Waals surface area contributed by atoms with Crippen molar-refractivity contribution in [3.05, 3.63) is 40.0 Å². The van der Waals surface area contributed by atoms with Gasteiger partial charge in [0.2, 0.25) is 15.8 Å². The SMILES string of the molecule is Cc1oc(C(=O)O)cc1S(=O)(=O)N(Cc1cccs1)C1CC1. The van der Waals surface area contributed by atoms with Crippen molar-refractivity contribution < 1.29 is 22.7 Å². The molecule has 0 radical (unpaired) electrons. The van der Waals surface area contributed by atoms with Gasteiger partial charge in [-0.3, -0.25) is 0 Å². The molecule has 2 aromatic heterocycles. The predicted octanol–water partition coefficient (Wildman–Crippen LogP) is 2.70. The minimum atomic E-state index is -3.77. The molecule has 0 bridgehead atoms. The summed E-state index contributed by atoms with van der Waals surface area (Å²) in [6.45, 7) is 1.77. The van der Waals surface area contributed by atoms with Crippen LogP contribution in [-0.2, 0) is 16.6 Å². The zero-order valence-electron chi connectivity index (χ0n) is 11.9. The summed E-state index contributed by atoms with van der Waals surface area (Å²) in [7, 11) is -3.77. The highest BCUT2D eigenvalue weighted by Crippen LogP contribution is 2.35. The standard InChI is InChI=1S/C14H15NO5S2/c1-9-13(7-12(20-9)14(16)17)22(18,19)15(10-4-5-10)8-11-3-2-6-21-11/h2-3,6-7,10H,4-5,8H2,1H3,(H,16,17). The van der Waals surface area contributed by atoms with E-state index in [-0.39, 0.29) is 22.5 Å². The van der Waals surface area contributed by atoms with Crippen LogP contribution >= 0.6 is 11.3 Å². The third-order valence-electron chi connectivity index (χ3n) is 3.52. The highest BCUT2D eigenvalue weighted by atomic mass is 32.2. The van der Waals surface area contributed by atoms with E-state index in [1.54, 1.807) is 0 Å². The van der Waals surface area contributed by atoms with Gasteiger partial charge in [-0.15, -0.1) is 11.3 Å². The molecule has 0 unspecified atom stereocenters. The van der Waals surface area contributed by atoms with Gasteiger partial charge in [0.15, 0.2) is 0 Å². The Kier molecular flexibility index (Phi) is 3.84. The van der Waals surface area contributed by atoms with E-state index in [0.717, 1.165) is 23.8 Å². The zero-order chi connectivity index (χ0) is 15.9. The van der Waals surface area contributed by atoms with Gasteiger partial charge in [0.05, 0.1) is 0 Å². The van der Waals surface area contributed by atoms with E-state index >= 15 is 0 Å². The highest BCUT2D eigenvalue weighted by molar-refractivity contribution is 7.89. The molecule has 2 heterocycles. The molecule has 3 rings (SSSR count). The highest BCUT2D eigenvalue weighted by Gasteiger charge is 2.40. The number of carboxylic acid groups (broad SMARTS) is 1. The van der Waals surface area contributed by atoms with Crippen molar-refractivity contribution in [2.24, 2.45) is 0 Å². The first-order valence-corrected chi connectivity index (χ1v) is 9.09. The van der Waals surface area contributed by atoms with Gasteiger partial charge in [-0.05, 0) is 31.2 Å². The van der Waals surface area contributed by atoms with Crippen LogP contribution in [0.4, 0.5) is 0 Å². The van der Waals surface area contributed by atoms with Gasteiger partial charge >= 0.3 is 5.97 Å². The van der Waals surface area contributed by atoms with Gasteiger partial charge in [0.25, 0.3) is 0 Å². The van der Waals surface area contributed by atoms with Gasteiger partial charge in [0, 0.05) is 23.5 Å². The van der Waals surface area contributed by atoms with Crippen LogP contribution in [-0.4, -0.2) is 29.8 Å². The smallest absolute Gasteiger partial charge is 0.371 e. The Bertz CT molecular complexity index is 787. The third-order valence-corrected chi connectivity index (χ3v) is 6.38. The molecule has 0 amide bonds. The second kappa shape index (κ2) is 5.53. The maximum Gasteiger partial charge on any atom is 0.371 e. The number of carbonyl (C=O) groups is 1. The molecule has 1 saturated carbocycles. The summed E-state index contributed by atoms with van der Waals surface area (Å²) in [6, 6.07) is 4.84. The summed E-state index contributed by atoms with van der Waals surface area (Å²) in [5.41, 5.74) is 0. The largest absolute Gasteiger partial charge is 0.475 e. The van der Waals surface area contributed by atoms with Crippen LogP contribution in [0.15, 0.2) is 32.9 Å². The minimum Gasteiger partial charge on any atom is -0.475 e. The van der Waals surface area contributed by atoms with Crippen LogP contribution in [0.5, 0.6) is 0 Å². The number of nitrogens with zero attached hydrogens (tertiary/aromatic N) is 1. The fourth-order valence-corrected chi connectivity index (χ4v) is 4.89. The van der Waals surface area contributed by atoms with Gasteiger partial charge < -0.3 is 9.52 Å². The van der Waals surface area contributed by atoms with Crippen molar-refractivity contribution in [1.82, 2.24) is 4.31 Å². The number of hydrogen-bond acceptors (Lipinski definition) is 5. The molecular formula is C14H15NO5S2. The lowest BCUT2D eigenvalue weighted by Gasteiger charge is -2.20. The molecule has 6 nitrogen and oxygen atoms in total. The first-order valence-electron chi connectivity index (χ1n) is 6.77. The van der Waals surface area contributed by atoms with E-state index in [2.05, 4.69) is 0 Å². The fourth-order valence-electron chi connectivity index (χ4n) is 2.28. The quantitative estimate of drug-likeness (QED) is 0.873. The molecule has 1 fully saturated rings. The van der Waals surface area contributed by atoms with Gasteiger partial charge in [-0.1, -0.05) is 6.07 Å². The maximum absolute atomic E-state index is 12.9. The molecule has 0 spiro atoms. The predicted molar refractivity (Wildman–Crippen MR) is 80.5 cm³/mol. The zero-order valence-corrected chi connectivity index (χ0v) is 13.5. The molecule has 8 heteroatoms. The Labute approximate surface area is 132 Å². The number of aromatic carboxylic acids is 1. The summed E-state index contributed by atoms with van der Waals surface area (Å²) in [6.07, 6.45) is 1.65. The van der Waals surface area contributed by atoms with Gasteiger partial charge in [-0.25, -0.2) is 13.2 Å². The summed E-state index contributed by atoms with van der Waals surface area (Å²) in [4.78, 5) is 11.9. The van der Waals surface area contributed by atoms with Crippen molar-refractivity contribution in [2.45, 2.75) is 37.2 Å². The first-order chi connectivity index (χ1) is 10.4. The minimum absolute atomic E-state index is 0.0188. The van der Waals surface area contributed by atoms with Crippen LogP contribution < -0.4 is 0 Å². The maximum atomic E-state index is 12.9. The second-order valence-corrected chi connectivity index (χ2v) is 8.09. The third kappa shape index (κ3) is 2.81. The Hall–Kier alpha value is -1.64. The van der Waals surface area contributed by atoms with Crippen molar-refractivity contribution >= 4 is 27.3 Å². The van der Waals surface area contributed by atoms with Crippen molar-refractivity contribution in [1.29, 1.82) is 0 Å². The van der Waals surface area contributed by atoms with Crippen LogP contribution in [0.2, 0.25) is 0 Å². The Morgan fingerprint density at radius 3 is 2.73 bits per heavy atom. The number of sulfonamides is 1. The van der Waals surface area contributed by atoms with E-state index in [1.807, 2.05) is 17.5 Å². The van der Waals surface area contributed by atoms with E-state index < -0.39 is 16.0 Å². The summed E-state index contributed by atoms with van der Waals surface area (Å²) in [5.74, 6) is -1.53. The molecular weight excluding hydrogens is 326 g/mol. The molecule has 2 aromatic rings. The fraction of sp³-hybridized carbons (Fsp3) is 0.357. The number of rotatable bonds is 6. The molecule has 0 aliphatic heterocycles. The average Bonchev–Trinajstić information content (AvgIpc) is 2.98. The molecule has 0 atom stereocenters. The van der Waals surface area contributed by atoms with Crippen molar-refractivity contribution in [2.75, 3.05) is 0 Å². The lowest BCUT2D eigenvalue weighted by Crippen LogP contribution is -2.32. The van der Waals surface area contributed by atoms with Crippen LogP contribution in [0.25, 0.3) is 0 Å². The summed E-state index contributed by atoms with van der Waals surface area (Å²) in [5, 5.41) is 10.9. The lowest BCUT2D eigenvalue weighted by molar-refractivity contribution is 0.0661. The number of thiophene rings is 1. The van der Waals surface area contributed by atoms with E-state index in [1.165, 1.54) is 22.6 Å². The monoisotopic (exact) mass is 341 g/mol. The lowest BCUT2D eigenvalue weighted by atomic mass is 10.4. The summed E-state index contributed by atoms with van der Waals surface area (Å²) < 4.78 is 32.2. The second-order valence-electron chi connectivity index (χ2n) is 5.20. The van der Waals surface area contributed by atoms with E-state index in [4.69, 9.17) is 9.52 Å².